The van der Waals surface area contributed by atoms with Gasteiger partial charge in [-0.3, -0.25) is 0 Å². The van der Waals surface area contributed by atoms with Gasteiger partial charge in [0.1, 0.15) is 39.6 Å². The smallest absolute Gasteiger partial charge is 0.203 e. The maximum atomic E-state index is 6.68. The van der Waals surface area contributed by atoms with Gasteiger partial charge in [-0.15, -0.1) is 0 Å². The van der Waals surface area contributed by atoms with Crippen molar-refractivity contribution in [2.45, 2.75) is 38.5 Å². The summed E-state index contributed by atoms with van der Waals surface area (Å²) in [4.78, 5) is 0. The third kappa shape index (κ3) is 8.79. The second-order valence-corrected chi connectivity index (χ2v) is 17.7. The summed E-state index contributed by atoms with van der Waals surface area (Å²) < 4.78 is 95.4. The Labute approximate surface area is 419 Å². The van der Waals surface area contributed by atoms with Crippen LogP contribution >= 0.6 is 0 Å². The molecule has 12 aliphatic heterocycles. The summed E-state index contributed by atoms with van der Waals surface area (Å²) >= 11 is 0. The Balaban J connectivity index is 1.26. The van der Waals surface area contributed by atoms with Crippen LogP contribution in [0.25, 0.3) is 0 Å². The molecule has 0 spiro atoms. The monoisotopic (exact) mass is 984 g/mol. The van der Waals surface area contributed by atoms with Crippen LogP contribution in [0.15, 0.2) is 54.6 Å². The molecule has 0 radical (unpaired) electrons. The fourth-order valence-electron chi connectivity index (χ4n) is 10.5. The van der Waals surface area contributed by atoms with E-state index < -0.39 is 0 Å². The number of rotatable bonds is 9. The van der Waals surface area contributed by atoms with Crippen LogP contribution in [-0.2, 0) is 38.5 Å². The maximum Gasteiger partial charge on any atom is 0.203 e. The van der Waals surface area contributed by atoms with Gasteiger partial charge < -0.3 is 71.1 Å². The zero-order valence-electron chi connectivity index (χ0n) is 42.3. The standard InChI is InChI=1S/C57H60O15/c1-58-43-22-31-16-35-26-47-45(60-3)24-33(35)18-36-27-48-44(59-2)23-32(36)17-34(31)25-46(43)67-10-13-70-55-49(61-4)28-37-20-41-39(30-51(63-6)57(53(41)65-8)72-15-12-69-48)21-42-38(19-40(37)52(55)64-7)29-50(62-5)56(54(42)66-9)71-14-11-68-47/h22-30H,10-21H2,1-9H3. The predicted molar refractivity (Wildman–Crippen MR) is 267 cm³/mol. The van der Waals surface area contributed by atoms with Crippen molar-refractivity contribution in [2.75, 3.05) is 104 Å². The average Bonchev–Trinajstić information content (AvgIpc) is 3.50. The normalized spacial score (nSPS) is 14.5. The largest absolute Gasteiger partial charge is 0.493 e. The second kappa shape index (κ2) is 20.6. The van der Waals surface area contributed by atoms with E-state index in [0.717, 1.165) is 66.8 Å². The number of methoxy groups -OCH3 is 9. The van der Waals surface area contributed by atoms with Crippen molar-refractivity contribution in [3.63, 3.8) is 0 Å². The van der Waals surface area contributed by atoms with Gasteiger partial charge >= 0.3 is 0 Å². The molecule has 0 unspecified atom stereocenters. The predicted octanol–water partition coefficient (Wildman–Crippen LogP) is 8.94. The van der Waals surface area contributed by atoms with E-state index in [-0.39, 0.29) is 39.6 Å². The highest BCUT2D eigenvalue weighted by Crippen LogP contribution is 2.52. The lowest BCUT2D eigenvalue weighted by Crippen LogP contribution is -2.13. The first-order valence-electron chi connectivity index (χ1n) is 23.9. The van der Waals surface area contributed by atoms with Crippen molar-refractivity contribution in [1.29, 1.82) is 0 Å². The lowest BCUT2D eigenvalue weighted by Gasteiger charge is -2.23. The third-order valence-corrected chi connectivity index (χ3v) is 13.9. The zero-order chi connectivity index (χ0) is 50.0. The molecule has 18 bridgehead atoms. The quantitative estimate of drug-likeness (QED) is 0.136. The van der Waals surface area contributed by atoms with Crippen LogP contribution < -0.4 is 71.1 Å². The van der Waals surface area contributed by atoms with Gasteiger partial charge in [0.15, 0.2) is 69.0 Å². The number of hydrogen-bond acceptors (Lipinski definition) is 15. The molecule has 15 heteroatoms. The van der Waals surface area contributed by atoms with E-state index in [2.05, 4.69) is 36.4 Å². The summed E-state index contributed by atoms with van der Waals surface area (Å²) in [6.07, 6.45) is 2.82. The van der Waals surface area contributed by atoms with Gasteiger partial charge in [-0.2, -0.15) is 0 Å². The molecule has 14 aliphatic rings. The first-order valence-corrected chi connectivity index (χ1v) is 23.9. The van der Waals surface area contributed by atoms with Crippen molar-refractivity contribution < 1.29 is 71.1 Å². The van der Waals surface area contributed by atoms with E-state index in [0.29, 0.717) is 125 Å². The minimum absolute atomic E-state index is 0.141. The molecule has 0 amide bonds. The molecular formula is C57H60O15. The molecule has 0 atom stereocenters. The average molecular weight is 985 g/mol. The second-order valence-electron chi connectivity index (χ2n) is 17.7. The number of hydrogen-bond donors (Lipinski definition) is 0. The molecule has 0 N–H and O–H groups in total. The van der Waals surface area contributed by atoms with Crippen LogP contribution in [-0.4, -0.2) is 104 Å². The minimum atomic E-state index is 0.141. The molecular weight excluding hydrogens is 925 g/mol. The van der Waals surface area contributed by atoms with Crippen LogP contribution in [0.2, 0.25) is 0 Å². The molecule has 12 heterocycles. The fraction of sp³-hybridized carbons (Fsp3) is 0.368. The maximum absolute atomic E-state index is 6.68. The molecule has 6 aromatic rings. The zero-order valence-corrected chi connectivity index (χ0v) is 42.3. The Morgan fingerprint density at radius 3 is 0.736 bits per heavy atom. The highest BCUT2D eigenvalue weighted by Gasteiger charge is 2.32. The van der Waals surface area contributed by atoms with Gasteiger partial charge in [0, 0.05) is 36.0 Å². The van der Waals surface area contributed by atoms with E-state index in [1.165, 1.54) is 0 Å². The van der Waals surface area contributed by atoms with Crippen molar-refractivity contribution in [1.82, 2.24) is 0 Å². The molecule has 0 aromatic heterocycles. The van der Waals surface area contributed by atoms with Crippen molar-refractivity contribution >= 4 is 0 Å². The van der Waals surface area contributed by atoms with E-state index in [1.807, 2.05) is 18.2 Å². The van der Waals surface area contributed by atoms with Gasteiger partial charge in [0.25, 0.3) is 0 Å². The van der Waals surface area contributed by atoms with Crippen LogP contribution in [0, 0.1) is 0 Å². The molecule has 20 rings (SSSR count). The summed E-state index contributed by atoms with van der Waals surface area (Å²) in [5.41, 5.74) is 11.5. The summed E-state index contributed by atoms with van der Waals surface area (Å²) in [7, 11) is 14.7. The van der Waals surface area contributed by atoms with Gasteiger partial charge in [0.05, 0.1) is 64.0 Å². The first kappa shape index (κ1) is 48.0. The van der Waals surface area contributed by atoms with Gasteiger partial charge in [-0.05, 0) is 124 Å². The SMILES string of the molecule is COc1cc2c3cc1OCCOc1c(OC)cc4c(c1OC)Cc1cc(OC)c5c(OC)c1Cc1cc(OC)c(c(OC)c1C4)OCCOc1cc(c(cc1OC)C3)Cc1cc(OC)c(cc1C2)OCCO5. The molecule has 378 valence electrons. The molecule has 0 fully saturated rings. The minimum Gasteiger partial charge on any atom is -0.493 e. The van der Waals surface area contributed by atoms with Crippen LogP contribution in [0.3, 0.4) is 0 Å². The first-order chi connectivity index (χ1) is 35.2. The van der Waals surface area contributed by atoms with Gasteiger partial charge in [-0.1, -0.05) is 0 Å². The highest BCUT2D eigenvalue weighted by molar-refractivity contribution is 5.69. The molecule has 0 saturated heterocycles. The molecule has 0 saturated carbocycles. The molecule has 15 nitrogen and oxygen atoms in total. The van der Waals surface area contributed by atoms with Crippen molar-refractivity contribution in [3.8, 4) is 86.2 Å². The van der Waals surface area contributed by atoms with Gasteiger partial charge in [0.2, 0.25) is 17.2 Å². The highest BCUT2D eigenvalue weighted by atomic mass is 16.6. The Kier molecular flexibility index (Phi) is 13.7. The van der Waals surface area contributed by atoms with Crippen molar-refractivity contribution in [3.05, 3.63) is 121 Å². The van der Waals surface area contributed by atoms with E-state index in [9.17, 15) is 0 Å². The van der Waals surface area contributed by atoms with Crippen LogP contribution in [0.5, 0.6) is 86.2 Å². The van der Waals surface area contributed by atoms with E-state index in [1.54, 1.807) is 64.0 Å². The summed E-state index contributed by atoms with van der Waals surface area (Å²) in [6.45, 7) is 0.931. The van der Waals surface area contributed by atoms with E-state index in [4.69, 9.17) is 71.1 Å². The molecule has 2 aliphatic carbocycles. The fourth-order valence-corrected chi connectivity index (χ4v) is 10.5. The van der Waals surface area contributed by atoms with E-state index >= 15 is 0 Å². The Hall–Kier alpha value is -7.68. The Morgan fingerprint density at radius 1 is 0.250 bits per heavy atom. The summed E-state index contributed by atoms with van der Waals surface area (Å²) in [5, 5.41) is 0. The molecule has 6 aromatic carbocycles. The third-order valence-electron chi connectivity index (χ3n) is 13.9. The topological polar surface area (TPSA) is 138 Å². The van der Waals surface area contributed by atoms with Crippen molar-refractivity contribution in [2.24, 2.45) is 0 Å². The molecule has 72 heavy (non-hydrogen) atoms. The number of benzene rings is 6. The Bertz CT molecular complexity index is 2710. The summed E-state index contributed by atoms with van der Waals surface area (Å²) in [6, 6.07) is 18.4. The summed E-state index contributed by atoms with van der Waals surface area (Å²) in [5.74, 6) is 7.74. The van der Waals surface area contributed by atoms with Crippen LogP contribution in [0.4, 0.5) is 0 Å². The van der Waals surface area contributed by atoms with Gasteiger partial charge in [-0.25, -0.2) is 0 Å². The van der Waals surface area contributed by atoms with Crippen LogP contribution in [0.1, 0.15) is 66.8 Å². The number of ether oxygens (including phenoxy) is 15. The Morgan fingerprint density at radius 2 is 0.486 bits per heavy atom. The lowest BCUT2D eigenvalue weighted by atomic mass is 9.92. The lowest BCUT2D eigenvalue weighted by molar-refractivity contribution is 0.199.